The first-order valence-corrected chi connectivity index (χ1v) is 7.29. The molecule has 0 amide bonds. The lowest BCUT2D eigenvalue weighted by molar-refractivity contribution is 0.715. The maximum atomic E-state index is 4.63. The van der Waals surface area contributed by atoms with Crippen molar-refractivity contribution in [3.63, 3.8) is 0 Å². The van der Waals surface area contributed by atoms with Crippen LogP contribution in [0.5, 0.6) is 0 Å². The van der Waals surface area contributed by atoms with Gasteiger partial charge >= 0.3 is 0 Å². The Hall–Kier alpha value is -0.710. The molecule has 0 atom stereocenters. The van der Waals surface area contributed by atoms with Gasteiger partial charge in [0.2, 0.25) is 0 Å². The molecule has 2 rings (SSSR count). The summed E-state index contributed by atoms with van der Waals surface area (Å²) in [5.74, 6) is 0. The number of aryl methyl sites for hydroxylation is 1. The Kier molecular flexibility index (Phi) is 4.31. The predicted molar refractivity (Wildman–Crippen MR) is 77.4 cm³/mol. The molecule has 0 aliphatic rings. The van der Waals surface area contributed by atoms with Gasteiger partial charge in [-0.05, 0) is 31.2 Å². The van der Waals surface area contributed by atoms with Gasteiger partial charge in [-0.1, -0.05) is 28.9 Å². The molecule has 17 heavy (non-hydrogen) atoms. The summed E-state index contributed by atoms with van der Waals surface area (Å²) >= 11 is 5.22. The number of aromatic nitrogens is 1. The Labute approximate surface area is 114 Å². The molecule has 0 bridgehead atoms. The molecule has 0 aliphatic carbocycles. The standard InChI is InChI=1S/C13H15BrN2S/c1-3-15-7-11-8-17-13(16-11)10-4-5-12(14)9(2)6-10/h4-6,8,15H,3,7H2,1-2H3. The molecule has 1 aromatic carbocycles. The van der Waals surface area contributed by atoms with Crippen LogP contribution in [0.4, 0.5) is 0 Å². The number of benzene rings is 1. The Morgan fingerprint density at radius 2 is 2.24 bits per heavy atom. The van der Waals surface area contributed by atoms with Crippen molar-refractivity contribution in [3.8, 4) is 10.6 Å². The van der Waals surface area contributed by atoms with Crippen LogP contribution in [0.2, 0.25) is 0 Å². The van der Waals surface area contributed by atoms with Crippen molar-refractivity contribution in [3.05, 3.63) is 39.3 Å². The topological polar surface area (TPSA) is 24.9 Å². The number of nitrogens with one attached hydrogen (secondary N) is 1. The molecule has 1 N–H and O–H groups in total. The highest BCUT2D eigenvalue weighted by Crippen LogP contribution is 2.27. The van der Waals surface area contributed by atoms with Crippen LogP contribution in [0.25, 0.3) is 10.6 Å². The Morgan fingerprint density at radius 3 is 2.94 bits per heavy atom. The molecule has 90 valence electrons. The Morgan fingerprint density at radius 1 is 1.41 bits per heavy atom. The molecular formula is C13H15BrN2S. The first-order valence-electron chi connectivity index (χ1n) is 5.62. The first kappa shape index (κ1) is 12.7. The van der Waals surface area contributed by atoms with E-state index in [1.165, 1.54) is 11.1 Å². The number of hydrogen-bond acceptors (Lipinski definition) is 3. The van der Waals surface area contributed by atoms with Gasteiger partial charge in [-0.3, -0.25) is 0 Å². The average molecular weight is 311 g/mol. The summed E-state index contributed by atoms with van der Waals surface area (Å²) in [5, 5.41) is 6.50. The Bertz CT molecular complexity index is 508. The van der Waals surface area contributed by atoms with E-state index in [1.54, 1.807) is 11.3 Å². The summed E-state index contributed by atoms with van der Waals surface area (Å²) in [5.41, 5.74) is 3.55. The van der Waals surface area contributed by atoms with Gasteiger partial charge in [-0.25, -0.2) is 4.98 Å². The van der Waals surface area contributed by atoms with Gasteiger partial charge in [-0.2, -0.15) is 0 Å². The van der Waals surface area contributed by atoms with Crippen molar-refractivity contribution in [2.75, 3.05) is 6.54 Å². The summed E-state index contributed by atoms with van der Waals surface area (Å²) in [4.78, 5) is 4.63. The number of nitrogens with zero attached hydrogens (tertiary/aromatic N) is 1. The first-order chi connectivity index (χ1) is 8.20. The minimum atomic E-state index is 0.850. The van der Waals surface area contributed by atoms with E-state index in [0.29, 0.717) is 0 Å². The molecule has 0 radical (unpaired) electrons. The summed E-state index contributed by atoms with van der Waals surface area (Å²) in [6.07, 6.45) is 0. The second-order valence-corrected chi connectivity index (χ2v) is 5.60. The van der Waals surface area contributed by atoms with Crippen molar-refractivity contribution in [2.45, 2.75) is 20.4 Å². The number of rotatable bonds is 4. The van der Waals surface area contributed by atoms with Gasteiger partial charge in [0.15, 0.2) is 0 Å². The second kappa shape index (κ2) is 5.76. The fourth-order valence-corrected chi connectivity index (χ4v) is 2.61. The van der Waals surface area contributed by atoms with Gasteiger partial charge in [0.05, 0.1) is 5.69 Å². The van der Waals surface area contributed by atoms with Crippen LogP contribution in [0.15, 0.2) is 28.1 Å². The minimum absolute atomic E-state index is 0.850. The normalized spacial score (nSPS) is 10.8. The van der Waals surface area contributed by atoms with Crippen LogP contribution in [0, 0.1) is 6.92 Å². The molecule has 4 heteroatoms. The fourth-order valence-electron chi connectivity index (χ4n) is 1.55. The van der Waals surface area contributed by atoms with Gasteiger partial charge in [0.25, 0.3) is 0 Å². The highest BCUT2D eigenvalue weighted by molar-refractivity contribution is 9.10. The Balaban J connectivity index is 2.21. The van der Waals surface area contributed by atoms with E-state index in [0.717, 1.165) is 28.3 Å². The van der Waals surface area contributed by atoms with Gasteiger partial charge < -0.3 is 5.32 Å². The molecule has 0 aliphatic heterocycles. The molecule has 1 heterocycles. The van der Waals surface area contributed by atoms with E-state index in [2.05, 4.69) is 63.7 Å². The van der Waals surface area contributed by atoms with Crippen LogP contribution >= 0.6 is 27.3 Å². The van der Waals surface area contributed by atoms with Crippen molar-refractivity contribution >= 4 is 27.3 Å². The lowest BCUT2D eigenvalue weighted by atomic mass is 10.1. The number of halogens is 1. The largest absolute Gasteiger partial charge is 0.311 e. The van der Waals surface area contributed by atoms with Crippen LogP contribution in [-0.4, -0.2) is 11.5 Å². The molecule has 0 saturated heterocycles. The summed E-state index contributed by atoms with van der Waals surface area (Å²) in [6, 6.07) is 6.35. The highest BCUT2D eigenvalue weighted by Gasteiger charge is 2.05. The fraction of sp³-hybridized carbons (Fsp3) is 0.308. The number of thiazole rings is 1. The summed E-state index contributed by atoms with van der Waals surface area (Å²) in [7, 11) is 0. The lowest BCUT2D eigenvalue weighted by Gasteiger charge is -2.01. The van der Waals surface area contributed by atoms with Crippen molar-refractivity contribution in [1.82, 2.24) is 10.3 Å². The maximum absolute atomic E-state index is 4.63. The molecule has 0 saturated carbocycles. The SMILES string of the molecule is CCNCc1csc(-c2ccc(Br)c(C)c2)n1. The molecule has 0 unspecified atom stereocenters. The van der Waals surface area contributed by atoms with E-state index in [4.69, 9.17) is 0 Å². The molecule has 0 spiro atoms. The van der Waals surface area contributed by atoms with Crippen LogP contribution in [0.3, 0.4) is 0 Å². The zero-order chi connectivity index (χ0) is 12.3. The monoisotopic (exact) mass is 310 g/mol. The molecule has 0 fully saturated rings. The van der Waals surface area contributed by atoms with Crippen LogP contribution in [0.1, 0.15) is 18.2 Å². The number of hydrogen-bond donors (Lipinski definition) is 1. The lowest BCUT2D eigenvalue weighted by Crippen LogP contribution is -2.11. The zero-order valence-corrected chi connectivity index (χ0v) is 12.4. The maximum Gasteiger partial charge on any atom is 0.123 e. The predicted octanol–water partition coefficient (Wildman–Crippen LogP) is 3.99. The van der Waals surface area contributed by atoms with Crippen molar-refractivity contribution in [2.24, 2.45) is 0 Å². The van der Waals surface area contributed by atoms with E-state index in [1.807, 2.05) is 0 Å². The third-order valence-electron chi connectivity index (χ3n) is 2.51. The summed E-state index contributed by atoms with van der Waals surface area (Å²) < 4.78 is 1.14. The van der Waals surface area contributed by atoms with Crippen LogP contribution < -0.4 is 5.32 Å². The van der Waals surface area contributed by atoms with Gasteiger partial charge in [0.1, 0.15) is 5.01 Å². The third kappa shape index (κ3) is 3.15. The smallest absolute Gasteiger partial charge is 0.123 e. The summed E-state index contributed by atoms with van der Waals surface area (Å²) in [6.45, 7) is 6.03. The van der Waals surface area contributed by atoms with E-state index >= 15 is 0 Å². The van der Waals surface area contributed by atoms with Gasteiger partial charge in [-0.15, -0.1) is 11.3 Å². The third-order valence-corrected chi connectivity index (χ3v) is 4.34. The van der Waals surface area contributed by atoms with E-state index < -0.39 is 0 Å². The molecule has 1 aromatic heterocycles. The molecular weight excluding hydrogens is 296 g/mol. The molecule has 2 nitrogen and oxygen atoms in total. The van der Waals surface area contributed by atoms with E-state index in [-0.39, 0.29) is 0 Å². The highest BCUT2D eigenvalue weighted by atomic mass is 79.9. The van der Waals surface area contributed by atoms with Crippen LogP contribution in [-0.2, 0) is 6.54 Å². The average Bonchev–Trinajstić information content (AvgIpc) is 2.79. The zero-order valence-electron chi connectivity index (χ0n) is 9.96. The quantitative estimate of drug-likeness (QED) is 0.923. The molecule has 2 aromatic rings. The van der Waals surface area contributed by atoms with E-state index in [9.17, 15) is 0 Å². The van der Waals surface area contributed by atoms with Crippen molar-refractivity contribution in [1.29, 1.82) is 0 Å². The van der Waals surface area contributed by atoms with Gasteiger partial charge in [0, 0.05) is 22.0 Å². The second-order valence-electron chi connectivity index (χ2n) is 3.89. The minimum Gasteiger partial charge on any atom is -0.311 e. The van der Waals surface area contributed by atoms with Crippen molar-refractivity contribution < 1.29 is 0 Å².